The van der Waals surface area contributed by atoms with Crippen molar-refractivity contribution in [3.8, 4) is 0 Å². The Morgan fingerprint density at radius 2 is 2.08 bits per heavy atom. The second-order valence-corrected chi connectivity index (χ2v) is 7.92. The van der Waals surface area contributed by atoms with E-state index in [2.05, 4.69) is 0 Å². The predicted octanol–water partition coefficient (Wildman–Crippen LogP) is 2.13. The lowest BCUT2D eigenvalue weighted by atomic mass is 9.77. The maximum atomic E-state index is 14.5. The molecule has 3 aliphatic rings. The van der Waals surface area contributed by atoms with E-state index in [-0.39, 0.29) is 12.5 Å². The third-order valence-electron chi connectivity index (χ3n) is 5.74. The van der Waals surface area contributed by atoms with Crippen molar-refractivity contribution in [2.45, 2.75) is 31.6 Å². The monoisotopic (exact) mass is 351 g/mol. The zero-order chi connectivity index (χ0) is 17.8. The molecule has 2 saturated heterocycles. The van der Waals surface area contributed by atoms with E-state index in [4.69, 9.17) is 0 Å². The van der Waals surface area contributed by atoms with Crippen LogP contribution in [-0.4, -0.2) is 58.3 Å². The second kappa shape index (κ2) is 5.54. The maximum Gasteiger partial charge on any atom is 0.270 e. The van der Waals surface area contributed by atoms with Gasteiger partial charge < -0.3 is 14.4 Å². The van der Waals surface area contributed by atoms with Gasteiger partial charge in [0.05, 0.1) is 12.0 Å². The molecule has 0 aromatic carbocycles. The Kier molecular flexibility index (Phi) is 3.67. The molecule has 2 aliphatic heterocycles. The van der Waals surface area contributed by atoms with Crippen LogP contribution in [0.25, 0.3) is 0 Å². The fourth-order valence-electron chi connectivity index (χ4n) is 4.29. The highest BCUT2D eigenvalue weighted by molar-refractivity contribution is 5.94. The van der Waals surface area contributed by atoms with Crippen molar-refractivity contribution in [1.29, 1.82) is 0 Å². The Morgan fingerprint density at radius 3 is 2.72 bits per heavy atom. The first-order valence-electron chi connectivity index (χ1n) is 8.88. The van der Waals surface area contributed by atoms with Gasteiger partial charge in [-0.05, 0) is 37.3 Å². The first-order chi connectivity index (χ1) is 11.8. The van der Waals surface area contributed by atoms with E-state index in [1.165, 1.54) is 4.90 Å². The zero-order valence-electron chi connectivity index (χ0n) is 14.4. The molecule has 4 rings (SSSR count). The number of aromatic nitrogens is 1. The van der Waals surface area contributed by atoms with Crippen LogP contribution in [0.3, 0.4) is 0 Å². The summed E-state index contributed by atoms with van der Waals surface area (Å²) in [5.41, 5.74) is -0.759. The highest BCUT2D eigenvalue weighted by Crippen LogP contribution is 2.46. The average Bonchev–Trinajstić information content (AvgIpc) is 3.20. The number of piperidine rings is 1. The number of hydrogen-bond acceptors (Lipinski definition) is 2. The second-order valence-electron chi connectivity index (χ2n) is 7.92. The van der Waals surface area contributed by atoms with Crippen LogP contribution in [0.4, 0.5) is 8.78 Å². The summed E-state index contributed by atoms with van der Waals surface area (Å²) in [4.78, 5) is 28.6. The van der Waals surface area contributed by atoms with E-state index in [0.717, 1.165) is 12.8 Å². The van der Waals surface area contributed by atoms with E-state index in [1.807, 2.05) is 0 Å². The van der Waals surface area contributed by atoms with Gasteiger partial charge in [-0.1, -0.05) is 0 Å². The molecule has 25 heavy (non-hydrogen) atoms. The predicted molar refractivity (Wildman–Crippen MR) is 87.2 cm³/mol. The molecular weight excluding hydrogens is 328 g/mol. The molecule has 1 spiro atoms. The Balaban J connectivity index is 1.58. The number of aryl methyl sites for hydroxylation is 1. The molecule has 2 amide bonds. The number of amides is 2. The lowest BCUT2D eigenvalue weighted by molar-refractivity contribution is -0.151. The fraction of sp³-hybridized carbons (Fsp3) is 0.667. The van der Waals surface area contributed by atoms with Gasteiger partial charge in [0.2, 0.25) is 5.91 Å². The van der Waals surface area contributed by atoms with Gasteiger partial charge in [-0.25, -0.2) is 8.78 Å². The first kappa shape index (κ1) is 16.5. The van der Waals surface area contributed by atoms with Crippen LogP contribution >= 0.6 is 0 Å². The van der Waals surface area contributed by atoms with Crippen molar-refractivity contribution in [1.82, 2.24) is 14.4 Å². The largest absolute Gasteiger partial charge is 0.347 e. The van der Waals surface area contributed by atoms with Gasteiger partial charge >= 0.3 is 0 Å². The molecule has 3 heterocycles. The lowest BCUT2D eigenvalue weighted by Crippen LogP contribution is -2.57. The smallest absolute Gasteiger partial charge is 0.270 e. The summed E-state index contributed by atoms with van der Waals surface area (Å²) in [6.07, 6.45) is 3.90. The van der Waals surface area contributed by atoms with Gasteiger partial charge in [0.1, 0.15) is 5.69 Å². The first-order valence-corrected chi connectivity index (χ1v) is 8.88. The highest BCUT2D eigenvalue weighted by Gasteiger charge is 2.58. The van der Waals surface area contributed by atoms with Crippen LogP contribution < -0.4 is 0 Å². The highest BCUT2D eigenvalue weighted by atomic mass is 19.3. The van der Waals surface area contributed by atoms with Gasteiger partial charge in [0, 0.05) is 39.3 Å². The summed E-state index contributed by atoms with van der Waals surface area (Å²) >= 11 is 0. The molecule has 0 radical (unpaired) electrons. The van der Waals surface area contributed by atoms with Crippen LogP contribution in [0.5, 0.6) is 0 Å². The maximum absolute atomic E-state index is 14.5. The molecule has 0 bridgehead atoms. The van der Waals surface area contributed by atoms with Crippen molar-refractivity contribution < 1.29 is 18.4 Å². The minimum Gasteiger partial charge on any atom is -0.347 e. The summed E-state index contributed by atoms with van der Waals surface area (Å²) in [6.45, 7) is 0.677. The minimum absolute atomic E-state index is 0.0899. The topological polar surface area (TPSA) is 45.6 Å². The van der Waals surface area contributed by atoms with E-state index < -0.39 is 30.2 Å². The summed E-state index contributed by atoms with van der Waals surface area (Å²) in [5, 5.41) is 0. The van der Waals surface area contributed by atoms with Crippen molar-refractivity contribution in [2.24, 2.45) is 18.4 Å². The summed E-state index contributed by atoms with van der Waals surface area (Å²) < 4.78 is 30.5. The molecule has 7 heteroatoms. The van der Waals surface area contributed by atoms with Crippen LogP contribution in [0.1, 0.15) is 36.2 Å². The summed E-state index contributed by atoms with van der Waals surface area (Å²) in [7, 11) is 1.71. The number of halogens is 2. The van der Waals surface area contributed by atoms with Gasteiger partial charge in [0.15, 0.2) is 0 Å². The van der Waals surface area contributed by atoms with Gasteiger partial charge in [-0.2, -0.15) is 0 Å². The number of carbonyl (C=O) groups is 2. The van der Waals surface area contributed by atoms with Crippen LogP contribution in [-0.2, 0) is 11.8 Å². The molecule has 1 aromatic heterocycles. The SMILES string of the molecule is Cn1cccc1C(=O)N1CC(F)(F)C[C@]2(CCN(CC3CC3)C2=O)C1. The molecule has 0 unspecified atom stereocenters. The van der Waals surface area contributed by atoms with E-state index in [1.54, 1.807) is 34.8 Å². The molecule has 0 N–H and O–H groups in total. The Labute approximate surface area is 145 Å². The summed E-state index contributed by atoms with van der Waals surface area (Å²) in [5.74, 6) is -3.13. The molecule has 5 nitrogen and oxygen atoms in total. The van der Waals surface area contributed by atoms with Crippen LogP contribution in [0.2, 0.25) is 0 Å². The quantitative estimate of drug-likeness (QED) is 0.838. The van der Waals surface area contributed by atoms with Crippen LogP contribution in [0, 0.1) is 11.3 Å². The number of alkyl halides is 2. The summed E-state index contributed by atoms with van der Waals surface area (Å²) in [6, 6.07) is 3.33. The lowest BCUT2D eigenvalue weighted by Gasteiger charge is -2.42. The zero-order valence-corrected chi connectivity index (χ0v) is 14.4. The number of hydrogen-bond donors (Lipinski definition) is 0. The third-order valence-corrected chi connectivity index (χ3v) is 5.74. The molecular formula is C18H23F2N3O2. The number of rotatable bonds is 3. The number of carbonyl (C=O) groups excluding carboxylic acids is 2. The Hall–Kier alpha value is -1.92. The fourth-order valence-corrected chi connectivity index (χ4v) is 4.29. The molecule has 136 valence electrons. The normalized spacial score (nSPS) is 28.8. The number of nitrogens with zero attached hydrogens (tertiary/aromatic N) is 3. The van der Waals surface area contributed by atoms with E-state index in [0.29, 0.717) is 31.1 Å². The van der Waals surface area contributed by atoms with Crippen molar-refractivity contribution in [3.63, 3.8) is 0 Å². The molecule has 1 aromatic rings. The van der Waals surface area contributed by atoms with E-state index in [9.17, 15) is 18.4 Å². The Bertz CT molecular complexity index is 713. The molecule has 1 atom stereocenters. The van der Waals surface area contributed by atoms with Crippen molar-refractivity contribution in [2.75, 3.05) is 26.2 Å². The standard InChI is InChI=1S/C18H23F2N3O2/c1-21-7-2-3-14(21)15(24)23-11-17(10-18(19,20)12-23)6-8-22(16(17)25)9-13-4-5-13/h2-3,7,13H,4-6,8-12H2,1H3/t17-/m1/s1. The van der Waals surface area contributed by atoms with Crippen molar-refractivity contribution >= 4 is 11.8 Å². The van der Waals surface area contributed by atoms with E-state index >= 15 is 0 Å². The molecule has 3 fully saturated rings. The van der Waals surface area contributed by atoms with Gasteiger partial charge in [0.25, 0.3) is 11.8 Å². The number of likely N-dealkylation sites (tertiary alicyclic amines) is 2. The minimum atomic E-state index is -3.04. The Morgan fingerprint density at radius 1 is 1.32 bits per heavy atom. The third kappa shape index (κ3) is 2.93. The molecule has 1 aliphatic carbocycles. The molecule has 1 saturated carbocycles. The van der Waals surface area contributed by atoms with Crippen molar-refractivity contribution in [3.05, 3.63) is 24.0 Å². The van der Waals surface area contributed by atoms with Gasteiger partial charge in [-0.3, -0.25) is 9.59 Å². The average molecular weight is 351 g/mol. The van der Waals surface area contributed by atoms with Gasteiger partial charge in [-0.15, -0.1) is 0 Å². The van der Waals surface area contributed by atoms with Crippen LogP contribution in [0.15, 0.2) is 18.3 Å².